The van der Waals surface area contributed by atoms with Gasteiger partial charge in [0.15, 0.2) is 0 Å². The van der Waals surface area contributed by atoms with Crippen LogP contribution >= 0.6 is 0 Å². The van der Waals surface area contributed by atoms with Crippen LogP contribution in [0.3, 0.4) is 0 Å². The number of pyridine rings is 2. The molecule has 1 aliphatic heterocycles. The van der Waals surface area contributed by atoms with Crippen LogP contribution in [-0.4, -0.2) is 47.0 Å². The first-order chi connectivity index (χ1) is 14.2. The Kier molecular flexibility index (Phi) is 5.70. The summed E-state index contributed by atoms with van der Waals surface area (Å²) in [5.74, 6) is 1.72. The van der Waals surface area contributed by atoms with E-state index in [0.29, 0.717) is 31.0 Å². The first-order valence-electron chi connectivity index (χ1n) is 9.90. The van der Waals surface area contributed by atoms with Gasteiger partial charge in [-0.2, -0.15) is 0 Å². The number of aromatic nitrogens is 2. The Morgan fingerprint density at radius 1 is 0.966 bits per heavy atom. The van der Waals surface area contributed by atoms with Gasteiger partial charge in [0.25, 0.3) is 5.91 Å². The second kappa shape index (κ2) is 8.73. The van der Waals surface area contributed by atoms with E-state index in [9.17, 15) is 4.79 Å². The van der Waals surface area contributed by atoms with Gasteiger partial charge >= 0.3 is 0 Å². The number of nitrogens with zero attached hydrogens (tertiary/aromatic N) is 4. The molecule has 148 valence electrons. The Bertz CT molecular complexity index is 951. The highest BCUT2D eigenvalue weighted by Crippen LogP contribution is 2.16. The number of hydrogen-bond acceptors (Lipinski definition) is 5. The second-order valence-corrected chi connectivity index (χ2v) is 7.24. The number of amides is 1. The van der Waals surface area contributed by atoms with Crippen LogP contribution in [0.5, 0.6) is 0 Å². The maximum atomic E-state index is 12.9. The Morgan fingerprint density at radius 2 is 1.76 bits per heavy atom. The molecule has 1 N–H and O–H groups in total. The molecule has 4 rings (SSSR count). The van der Waals surface area contributed by atoms with E-state index in [4.69, 9.17) is 0 Å². The fraction of sp³-hybridized carbons (Fsp3) is 0.261. The predicted molar refractivity (Wildman–Crippen MR) is 115 cm³/mol. The lowest BCUT2D eigenvalue weighted by atomic mass is 10.1. The molecule has 3 heterocycles. The molecule has 1 saturated heterocycles. The summed E-state index contributed by atoms with van der Waals surface area (Å²) in [6.45, 7) is 5.68. The molecule has 3 aromatic rings. The van der Waals surface area contributed by atoms with Crippen LogP contribution in [0.1, 0.15) is 21.5 Å². The molecule has 0 bridgehead atoms. The molecule has 1 fully saturated rings. The van der Waals surface area contributed by atoms with Crippen molar-refractivity contribution in [3.05, 3.63) is 83.7 Å². The summed E-state index contributed by atoms with van der Waals surface area (Å²) in [5, 5.41) is 3.31. The normalized spacial score (nSPS) is 14.0. The van der Waals surface area contributed by atoms with Crippen molar-refractivity contribution >= 4 is 17.5 Å². The molecular weight excluding hydrogens is 362 g/mol. The number of carbonyl (C=O) groups is 1. The number of anilines is 2. The fourth-order valence-electron chi connectivity index (χ4n) is 3.42. The molecule has 1 aromatic carbocycles. The number of rotatable bonds is 5. The van der Waals surface area contributed by atoms with Gasteiger partial charge < -0.3 is 15.1 Å². The van der Waals surface area contributed by atoms with Crippen molar-refractivity contribution < 1.29 is 4.79 Å². The highest BCUT2D eigenvalue weighted by molar-refractivity contribution is 5.95. The van der Waals surface area contributed by atoms with Gasteiger partial charge in [-0.15, -0.1) is 0 Å². The predicted octanol–water partition coefficient (Wildman–Crippen LogP) is 3.36. The number of aryl methyl sites for hydroxylation is 1. The fourth-order valence-corrected chi connectivity index (χ4v) is 3.42. The third-order valence-corrected chi connectivity index (χ3v) is 5.14. The van der Waals surface area contributed by atoms with Gasteiger partial charge in [-0.25, -0.2) is 9.97 Å². The topological polar surface area (TPSA) is 61.4 Å². The van der Waals surface area contributed by atoms with Crippen molar-refractivity contribution in [1.29, 1.82) is 0 Å². The Labute approximate surface area is 171 Å². The summed E-state index contributed by atoms with van der Waals surface area (Å²) in [6.07, 6.45) is 3.49. The van der Waals surface area contributed by atoms with Crippen LogP contribution in [0, 0.1) is 6.92 Å². The number of nitrogens with one attached hydrogen (secondary N) is 1. The molecule has 29 heavy (non-hydrogen) atoms. The number of hydrogen-bond donors (Lipinski definition) is 1. The molecule has 0 atom stereocenters. The van der Waals surface area contributed by atoms with E-state index >= 15 is 0 Å². The lowest BCUT2D eigenvalue weighted by molar-refractivity contribution is 0.0746. The number of carbonyl (C=O) groups excluding carboxylic acids is 1. The van der Waals surface area contributed by atoms with Crippen molar-refractivity contribution in [1.82, 2.24) is 14.9 Å². The molecule has 0 saturated carbocycles. The lowest BCUT2D eigenvalue weighted by Gasteiger charge is -2.35. The van der Waals surface area contributed by atoms with E-state index in [1.54, 1.807) is 18.5 Å². The van der Waals surface area contributed by atoms with Crippen molar-refractivity contribution in [2.24, 2.45) is 0 Å². The molecular formula is C23H25N5O. The molecule has 0 aliphatic carbocycles. The van der Waals surface area contributed by atoms with Crippen LogP contribution < -0.4 is 10.2 Å². The maximum absolute atomic E-state index is 12.9. The molecule has 0 unspecified atom stereocenters. The van der Waals surface area contributed by atoms with Crippen molar-refractivity contribution in [2.45, 2.75) is 13.5 Å². The molecule has 0 spiro atoms. The van der Waals surface area contributed by atoms with E-state index in [2.05, 4.69) is 51.4 Å². The summed E-state index contributed by atoms with van der Waals surface area (Å²) < 4.78 is 0. The Balaban J connectivity index is 1.35. The number of benzene rings is 1. The average Bonchev–Trinajstić information content (AvgIpc) is 2.79. The Hall–Kier alpha value is -3.41. The van der Waals surface area contributed by atoms with E-state index < -0.39 is 0 Å². The van der Waals surface area contributed by atoms with Gasteiger partial charge in [0.1, 0.15) is 11.6 Å². The van der Waals surface area contributed by atoms with Crippen molar-refractivity contribution in [2.75, 3.05) is 36.4 Å². The summed E-state index contributed by atoms with van der Waals surface area (Å²) in [6, 6.07) is 17.9. The van der Waals surface area contributed by atoms with Gasteiger partial charge in [0, 0.05) is 50.7 Å². The number of piperazine rings is 1. The van der Waals surface area contributed by atoms with Gasteiger partial charge in [0.2, 0.25) is 0 Å². The van der Waals surface area contributed by atoms with E-state index in [1.165, 1.54) is 11.1 Å². The smallest absolute Gasteiger partial charge is 0.254 e. The van der Waals surface area contributed by atoms with Crippen LogP contribution in [0.2, 0.25) is 0 Å². The minimum absolute atomic E-state index is 0.0476. The first-order valence-corrected chi connectivity index (χ1v) is 9.90. The third kappa shape index (κ3) is 4.71. The molecule has 1 amide bonds. The zero-order valence-electron chi connectivity index (χ0n) is 16.6. The van der Waals surface area contributed by atoms with Crippen LogP contribution in [0.25, 0.3) is 0 Å². The molecule has 0 radical (unpaired) electrons. The average molecular weight is 387 g/mol. The lowest BCUT2D eigenvalue weighted by Crippen LogP contribution is -2.49. The molecule has 6 heteroatoms. The first kappa shape index (κ1) is 18.9. The van der Waals surface area contributed by atoms with Gasteiger partial charge in [-0.05, 0) is 36.8 Å². The van der Waals surface area contributed by atoms with Crippen molar-refractivity contribution in [3.63, 3.8) is 0 Å². The summed E-state index contributed by atoms with van der Waals surface area (Å²) in [5.41, 5.74) is 3.08. The van der Waals surface area contributed by atoms with Gasteiger partial charge in [-0.3, -0.25) is 4.79 Å². The summed E-state index contributed by atoms with van der Waals surface area (Å²) in [4.78, 5) is 25.8. The molecule has 1 aliphatic rings. The van der Waals surface area contributed by atoms with Crippen LogP contribution in [-0.2, 0) is 6.54 Å². The van der Waals surface area contributed by atoms with E-state index in [0.717, 1.165) is 18.9 Å². The summed E-state index contributed by atoms with van der Waals surface area (Å²) >= 11 is 0. The van der Waals surface area contributed by atoms with Gasteiger partial charge in [-0.1, -0.05) is 35.9 Å². The van der Waals surface area contributed by atoms with E-state index in [1.807, 2.05) is 29.2 Å². The zero-order valence-corrected chi connectivity index (χ0v) is 16.6. The minimum atomic E-state index is 0.0476. The monoisotopic (exact) mass is 387 g/mol. The van der Waals surface area contributed by atoms with E-state index in [-0.39, 0.29) is 5.91 Å². The SMILES string of the molecule is Cc1ccc(CNc2cc(C(=O)N3CCN(c4ccccn4)CC3)ccn2)cc1. The van der Waals surface area contributed by atoms with Crippen LogP contribution in [0.15, 0.2) is 67.0 Å². The largest absolute Gasteiger partial charge is 0.366 e. The maximum Gasteiger partial charge on any atom is 0.254 e. The summed E-state index contributed by atoms with van der Waals surface area (Å²) in [7, 11) is 0. The molecule has 2 aromatic heterocycles. The third-order valence-electron chi connectivity index (χ3n) is 5.14. The van der Waals surface area contributed by atoms with Crippen LogP contribution in [0.4, 0.5) is 11.6 Å². The molecule has 6 nitrogen and oxygen atoms in total. The van der Waals surface area contributed by atoms with Crippen molar-refractivity contribution in [3.8, 4) is 0 Å². The minimum Gasteiger partial charge on any atom is -0.366 e. The van der Waals surface area contributed by atoms with Gasteiger partial charge in [0.05, 0.1) is 0 Å². The highest BCUT2D eigenvalue weighted by atomic mass is 16.2. The quantitative estimate of drug-likeness (QED) is 0.727. The second-order valence-electron chi connectivity index (χ2n) is 7.24. The zero-order chi connectivity index (χ0) is 20.1. The highest BCUT2D eigenvalue weighted by Gasteiger charge is 2.23. The standard InChI is InChI=1S/C23H25N5O/c1-18-5-7-19(8-6-18)17-26-21-16-20(9-11-24-21)23(29)28-14-12-27(13-15-28)22-4-2-3-10-25-22/h2-11,16H,12-15,17H2,1H3,(H,24,26). The Morgan fingerprint density at radius 3 is 2.48 bits per heavy atom.